The van der Waals surface area contributed by atoms with Gasteiger partial charge in [-0.05, 0) is 11.6 Å². The van der Waals surface area contributed by atoms with Crippen LogP contribution in [0.2, 0.25) is 0 Å². The molecule has 1 atom stereocenters. The summed E-state index contributed by atoms with van der Waals surface area (Å²) in [6.45, 7) is 1.41. The summed E-state index contributed by atoms with van der Waals surface area (Å²) in [5.41, 5.74) is 0.192. The second kappa shape index (κ2) is 3.62. The zero-order valence-corrected chi connectivity index (χ0v) is 7.16. The summed E-state index contributed by atoms with van der Waals surface area (Å²) in [6.07, 6.45) is 0. The number of rotatable bonds is 2. The van der Waals surface area contributed by atoms with Crippen LogP contribution >= 0.6 is 0 Å². The van der Waals surface area contributed by atoms with Crippen molar-refractivity contribution in [1.82, 2.24) is 0 Å². The van der Waals surface area contributed by atoms with Gasteiger partial charge >= 0.3 is 0 Å². The molecule has 0 radical (unpaired) electrons. The fourth-order valence-electron chi connectivity index (χ4n) is 1.05. The highest BCUT2D eigenvalue weighted by Crippen LogP contribution is 2.32. The van der Waals surface area contributed by atoms with E-state index in [1.807, 2.05) is 0 Å². The molecule has 1 rings (SSSR count). The lowest BCUT2D eigenvalue weighted by Crippen LogP contribution is -2.01. The Bertz CT molecular complexity index is 312. The second-order valence-corrected chi connectivity index (χ2v) is 2.92. The van der Waals surface area contributed by atoms with Crippen LogP contribution in [0.4, 0.5) is 4.39 Å². The number of benzene rings is 1. The normalized spacial score (nSPS) is 12.8. The van der Waals surface area contributed by atoms with Gasteiger partial charge in [0.15, 0.2) is 17.3 Å². The Labute approximate surface area is 75.1 Å². The van der Waals surface area contributed by atoms with Gasteiger partial charge in [0.05, 0.1) is 0 Å². The van der Waals surface area contributed by atoms with E-state index in [-0.39, 0.29) is 12.2 Å². The Morgan fingerprint density at radius 1 is 1.38 bits per heavy atom. The van der Waals surface area contributed by atoms with Gasteiger partial charge in [-0.1, -0.05) is 13.0 Å². The van der Waals surface area contributed by atoms with Gasteiger partial charge in [-0.2, -0.15) is 0 Å². The first-order chi connectivity index (χ1) is 6.07. The second-order valence-electron chi connectivity index (χ2n) is 2.92. The third-order valence-electron chi connectivity index (χ3n) is 1.93. The molecule has 3 nitrogen and oxygen atoms in total. The number of hydrogen-bond donors (Lipinski definition) is 3. The molecule has 72 valence electrons. The van der Waals surface area contributed by atoms with Crippen LogP contribution in [-0.4, -0.2) is 21.9 Å². The maximum Gasteiger partial charge on any atom is 0.194 e. The van der Waals surface area contributed by atoms with Crippen LogP contribution in [-0.2, 0) is 0 Å². The molecule has 0 saturated carbocycles. The van der Waals surface area contributed by atoms with Crippen molar-refractivity contribution in [3.8, 4) is 11.5 Å². The summed E-state index contributed by atoms with van der Waals surface area (Å²) in [4.78, 5) is 0. The molecule has 1 aromatic rings. The van der Waals surface area contributed by atoms with Crippen LogP contribution < -0.4 is 0 Å². The summed E-state index contributed by atoms with van der Waals surface area (Å²) in [6, 6.07) is 2.53. The van der Waals surface area contributed by atoms with E-state index in [2.05, 4.69) is 0 Å². The van der Waals surface area contributed by atoms with E-state index >= 15 is 0 Å². The molecule has 0 aromatic heterocycles. The molecule has 0 amide bonds. The first kappa shape index (κ1) is 9.80. The molecule has 0 aliphatic rings. The minimum atomic E-state index is -0.874. The lowest BCUT2D eigenvalue weighted by atomic mass is 10.0. The number of halogens is 1. The molecule has 0 aliphatic heterocycles. The van der Waals surface area contributed by atoms with E-state index < -0.39 is 23.2 Å². The van der Waals surface area contributed by atoms with Crippen LogP contribution in [0.15, 0.2) is 12.1 Å². The van der Waals surface area contributed by atoms with Gasteiger partial charge in [-0.15, -0.1) is 0 Å². The Morgan fingerprint density at radius 3 is 2.54 bits per heavy atom. The monoisotopic (exact) mass is 186 g/mol. The zero-order chi connectivity index (χ0) is 10.0. The van der Waals surface area contributed by atoms with Crippen molar-refractivity contribution in [2.75, 3.05) is 6.61 Å². The SMILES string of the molecule is CC(CO)c1ccc(O)c(O)c1F. The van der Waals surface area contributed by atoms with Gasteiger partial charge in [0.2, 0.25) is 0 Å². The number of aliphatic hydroxyl groups excluding tert-OH is 1. The van der Waals surface area contributed by atoms with Crippen LogP contribution in [0.1, 0.15) is 18.4 Å². The first-order valence-corrected chi connectivity index (χ1v) is 3.89. The predicted molar refractivity (Wildman–Crippen MR) is 45.2 cm³/mol. The number of phenols is 2. The van der Waals surface area contributed by atoms with Gasteiger partial charge in [0, 0.05) is 12.5 Å². The Morgan fingerprint density at radius 2 is 2.00 bits per heavy atom. The fourth-order valence-corrected chi connectivity index (χ4v) is 1.05. The molecule has 1 aromatic carbocycles. The predicted octanol–water partition coefficient (Wildman–Crippen LogP) is 1.33. The fraction of sp³-hybridized carbons (Fsp3) is 0.333. The minimum absolute atomic E-state index is 0.192. The third-order valence-corrected chi connectivity index (χ3v) is 1.93. The Hall–Kier alpha value is -1.29. The van der Waals surface area contributed by atoms with E-state index in [0.717, 1.165) is 0 Å². The van der Waals surface area contributed by atoms with Crippen molar-refractivity contribution >= 4 is 0 Å². The quantitative estimate of drug-likeness (QED) is 0.610. The molecule has 4 heteroatoms. The summed E-state index contributed by atoms with van der Waals surface area (Å²) in [5.74, 6) is -2.53. The maximum absolute atomic E-state index is 13.2. The molecular weight excluding hydrogens is 175 g/mol. The molecule has 0 spiro atoms. The number of hydrogen-bond acceptors (Lipinski definition) is 3. The van der Waals surface area contributed by atoms with E-state index in [4.69, 9.17) is 15.3 Å². The molecular formula is C9H11FO3. The van der Waals surface area contributed by atoms with E-state index in [9.17, 15) is 4.39 Å². The lowest BCUT2D eigenvalue weighted by Gasteiger charge is -2.10. The van der Waals surface area contributed by atoms with Crippen LogP contribution in [0.5, 0.6) is 11.5 Å². The van der Waals surface area contributed by atoms with Crippen LogP contribution in [0, 0.1) is 5.82 Å². The standard InChI is InChI=1S/C9H11FO3/c1-5(4-11)6-2-3-7(12)9(13)8(6)10/h2-3,5,11-13H,4H2,1H3. The average molecular weight is 186 g/mol. The van der Waals surface area contributed by atoms with Crippen molar-refractivity contribution in [3.05, 3.63) is 23.5 Å². The smallest absolute Gasteiger partial charge is 0.194 e. The topological polar surface area (TPSA) is 60.7 Å². The van der Waals surface area contributed by atoms with Crippen LogP contribution in [0.3, 0.4) is 0 Å². The first-order valence-electron chi connectivity index (χ1n) is 3.89. The van der Waals surface area contributed by atoms with Crippen molar-refractivity contribution in [2.45, 2.75) is 12.8 Å². The van der Waals surface area contributed by atoms with E-state index in [1.165, 1.54) is 12.1 Å². The van der Waals surface area contributed by atoms with Gasteiger partial charge in [0.25, 0.3) is 0 Å². The van der Waals surface area contributed by atoms with Crippen molar-refractivity contribution in [1.29, 1.82) is 0 Å². The number of aromatic hydroxyl groups is 2. The lowest BCUT2D eigenvalue weighted by molar-refractivity contribution is 0.269. The third kappa shape index (κ3) is 1.72. The van der Waals surface area contributed by atoms with Gasteiger partial charge in [0.1, 0.15) is 0 Å². The number of phenolic OH excluding ortho intramolecular Hbond substituents is 2. The summed E-state index contributed by atoms with van der Waals surface area (Å²) < 4.78 is 13.2. The Balaban J connectivity index is 3.18. The maximum atomic E-state index is 13.2. The average Bonchev–Trinajstić information content (AvgIpc) is 2.13. The largest absolute Gasteiger partial charge is 0.504 e. The molecule has 0 heterocycles. The van der Waals surface area contributed by atoms with Crippen LogP contribution in [0.25, 0.3) is 0 Å². The molecule has 0 bridgehead atoms. The van der Waals surface area contributed by atoms with E-state index in [1.54, 1.807) is 6.92 Å². The van der Waals surface area contributed by atoms with Gasteiger partial charge in [-0.25, -0.2) is 4.39 Å². The van der Waals surface area contributed by atoms with E-state index in [0.29, 0.717) is 0 Å². The molecule has 0 fully saturated rings. The number of aliphatic hydroxyl groups is 1. The molecule has 3 N–H and O–H groups in total. The highest BCUT2D eigenvalue weighted by atomic mass is 19.1. The molecule has 13 heavy (non-hydrogen) atoms. The van der Waals surface area contributed by atoms with Crippen molar-refractivity contribution < 1.29 is 19.7 Å². The highest BCUT2D eigenvalue weighted by molar-refractivity contribution is 5.43. The summed E-state index contributed by atoms with van der Waals surface area (Å²) >= 11 is 0. The highest BCUT2D eigenvalue weighted by Gasteiger charge is 2.15. The van der Waals surface area contributed by atoms with Crippen molar-refractivity contribution in [3.63, 3.8) is 0 Å². The van der Waals surface area contributed by atoms with Crippen molar-refractivity contribution in [2.24, 2.45) is 0 Å². The minimum Gasteiger partial charge on any atom is -0.504 e. The summed E-state index contributed by atoms with van der Waals surface area (Å²) in [5, 5.41) is 26.7. The molecule has 0 saturated heterocycles. The van der Waals surface area contributed by atoms with Gasteiger partial charge in [-0.3, -0.25) is 0 Å². The van der Waals surface area contributed by atoms with Gasteiger partial charge < -0.3 is 15.3 Å². The Kier molecular flexibility index (Phi) is 2.72. The zero-order valence-electron chi connectivity index (χ0n) is 7.16. The molecule has 0 aliphatic carbocycles. The summed E-state index contributed by atoms with van der Waals surface area (Å²) in [7, 11) is 0. The molecule has 1 unspecified atom stereocenters.